The minimum absolute atomic E-state index is 0.0609. The molecule has 148 valence electrons. The molecule has 4 rings (SSSR count). The lowest BCUT2D eigenvalue weighted by atomic mass is 9.75. The molecule has 1 saturated heterocycles. The molecule has 28 heavy (non-hydrogen) atoms. The van der Waals surface area contributed by atoms with Crippen molar-refractivity contribution in [3.05, 3.63) is 58.9 Å². The maximum Gasteiger partial charge on any atom is 0.313 e. The first-order valence-corrected chi connectivity index (χ1v) is 10.8. The van der Waals surface area contributed by atoms with E-state index in [0.29, 0.717) is 6.61 Å². The van der Waals surface area contributed by atoms with E-state index in [1.807, 2.05) is 25.1 Å². The number of carbonyl (C=O) groups is 1. The second-order valence-corrected chi connectivity index (χ2v) is 8.55. The first kappa shape index (κ1) is 19.2. The van der Waals surface area contributed by atoms with E-state index in [1.165, 1.54) is 11.3 Å². The van der Waals surface area contributed by atoms with Gasteiger partial charge in [-0.2, -0.15) is 0 Å². The van der Waals surface area contributed by atoms with Crippen LogP contribution in [0.25, 0.3) is 4.96 Å². The summed E-state index contributed by atoms with van der Waals surface area (Å²) in [5, 5.41) is 2.07. The minimum atomic E-state index is -0.484. The van der Waals surface area contributed by atoms with Gasteiger partial charge in [0.05, 0.1) is 23.4 Å². The summed E-state index contributed by atoms with van der Waals surface area (Å²) in [6, 6.07) is 10.3. The molecule has 0 saturated carbocycles. The van der Waals surface area contributed by atoms with Gasteiger partial charge in [0, 0.05) is 24.7 Å². The van der Waals surface area contributed by atoms with Gasteiger partial charge in [0.1, 0.15) is 0 Å². The summed E-state index contributed by atoms with van der Waals surface area (Å²) in [6.45, 7) is 6.90. The Balaban J connectivity index is 1.59. The summed E-state index contributed by atoms with van der Waals surface area (Å²) in [5.74, 6) is -0.0609. The van der Waals surface area contributed by atoms with E-state index in [2.05, 4.69) is 44.9 Å². The summed E-state index contributed by atoms with van der Waals surface area (Å²) in [5.41, 5.74) is 3.00. The van der Waals surface area contributed by atoms with Crippen LogP contribution in [0.4, 0.5) is 0 Å². The van der Waals surface area contributed by atoms with E-state index in [-0.39, 0.29) is 5.97 Å². The second kappa shape index (κ2) is 8.05. The summed E-state index contributed by atoms with van der Waals surface area (Å²) in [6.07, 6.45) is 4.68. The molecule has 2 aromatic heterocycles. The van der Waals surface area contributed by atoms with Gasteiger partial charge in [-0.3, -0.25) is 14.1 Å². The first-order chi connectivity index (χ1) is 13.6. The zero-order chi connectivity index (χ0) is 19.6. The van der Waals surface area contributed by atoms with E-state index in [1.54, 1.807) is 11.3 Å². The van der Waals surface area contributed by atoms with Crippen LogP contribution < -0.4 is 0 Å². The second-order valence-electron chi connectivity index (χ2n) is 7.68. The highest BCUT2D eigenvalue weighted by molar-refractivity contribution is 7.15. The van der Waals surface area contributed by atoms with Gasteiger partial charge in [-0.05, 0) is 45.2 Å². The molecule has 1 aliphatic heterocycles. The van der Waals surface area contributed by atoms with Crippen LogP contribution in [0, 0.1) is 12.3 Å². The largest absolute Gasteiger partial charge is 0.466 e. The Morgan fingerprint density at radius 2 is 2.14 bits per heavy atom. The predicted octanol–water partition coefficient (Wildman–Crippen LogP) is 4.09. The van der Waals surface area contributed by atoms with E-state index in [0.717, 1.165) is 49.6 Å². The standard InChI is InChI=1S/C22H27N3O2S/c1-3-27-20(26)22(14-18-8-5-4-6-9-18)10-7-11-24(16-22)15-19-17(2)23-21-25(19)12-13-28-21/h4-6,8-9,12-13H,3,7,10-11,14-16H2,1-2H3/t22-/m0/s1. The third-order valence-electron chi connectivity index (χ3n) is 5.68. The Labute approximate surface area is 170 Å². The highest BCUT2D eigenvalue weighted by Crippen LogP contribution is 2.36. The number of imidazole rings is 1. The molecule has 1 fully saturated rings. The van der Waals surface area contributed by atoms with Crippen molar-refractivity contribution in [1.82, 2.24) is 14.3 Å². The number of ether oxygens (including phenoxy) is 1. The van der Waals surface area contributed by atoms with E-state index in [9.17, 15) is 4.79 Å². The van der Waals surface area contributed by atoms with Gasteiger partial charge in [0.25, 0.3) is 0 Å². The lowest BCUT2D eigenvalue weighted by molar-refractivity contribution is -0.159. The third-order valence-corrected chi connectivity index (χ3v) is 6.44. The molecule has 3 aromatic rings. The van der Waals surface area contributed by atoms with Crippen molar-refractivity contribution in [3.63, 3.8) is 0 Å². The number of nitrogens with zero attached hydrogens (tertiary/aromatic N) is 3. The van der Waals surface area contributed by atoms with Crippen LogP contribution in [0.5, 0.6) is 0 Å². The van der Waals surface area contributed by atoms with Gasteiger partial charge < -0.3 is 4.74 Å². The molecular weight excluding hydrogens is 370 g/mol. The SMILES string of the molecule is CCOC(=O)[C@]1(Cc2ccccc2)CCCN(Cc2c(C)nc3sccn23)C1. The van der Waals surface area contributed by atoms with Crippen molar-refractivity contribution in [2.24, 2.45) is 5.41 Å². The number of piperidine rings is 1. The maximum absolute atomic E-state index is 13.0. The number of thiazole rings is 1. The molecule has 0 amide bonds. The average molecular weight is 398 g/mol. The Bertz CT molecular complexity index is 949. The zero-order valence-electron chi connectivity index (χ0n) is 16.6. The van der Waals surface area contributed by atoms with Crippen molar-refractivity contribution in [2.75, 3.05) is 19.7 Å². The van der Waals surface area contributed by atoms with Gasteiger partial charge in [-0.1, -0.05) is 30.3 Å². The van der Waals surface area contributed by atoms with Crippen LogP contribution in [0.1, 0.15) is 36.7 Å². The van der Waals surface area contributed by atoms with Gasteiger partial charge in [0.15, 0.2) is 4.96 Å². The Morgan fingerprint density at radius 1 is 1.32 bits per heavy atom. The van der Waals surface area contributed by atoms with Crippen LogP contribution in [0.2, 0.25) is 0 Å². The lowest BCUT2D eigenvalue weighted by Gasteiger charge is -2.41. The summed E-state index contributed by atoms with van der Waals surface area (Å²) >= 11 is 1.66. The van der Waals surface area contributed by atoms with Gasteiger partial charge in [-0.15, -0.1) is 11.3 Å². The molecule has 0 bridgehead atoms. The molecular formula is C22H27N3O2S. The fourth-order valence-electron chi connectivity index (χ4n) is 4.36. The number of fused-ring (bicyclic) bond motifs is 1. The zero-order valence-corrected chi connectivity index (χ0v) is 17.4. The fourth-order valence-corrected chi connectivity index (χ4v) is 5.14. The highest BCUT2D eigenvalue weighted by Gasteiger charge is 2.43. The molecule has 0 spiro atoms. The highest BCUT2D eigenvalue weighted by atomic mass is 32.1. The summed E-state index contributed by atoms with van der Waals surface area (Å²) < 4.78 is 7.72. The van der Waals surface area contributed by atoms with E-state index in [4.69, 9.17) is 4.74 Å². The topological polar surface area (TPSA) is 46.8 Å². The molecule has 0 aliphatic carbocycles. The van der Waals surface area contributed by atoms with Crippen LogP contribution >= 0.6 is 11.3 Å². The smallest absolute Gasteiger partial charge is 0.313 e. The Kier molecular flexibility index (Phi) is 5.51. The molecule has 5 nitrogen and oxygen atoms in total. The minimum Gasteiger partial charge on any atom is -0.466 e. The Hall–Kier alpha value is -2.18. The number of esters is 1. The normalized spacial score (nSPS) is 20.5. The van der Waals surface area contributed by atoms with Crippen molar-refractivity contribution in [2.45, 2.75) is 39.7 Å². The number of rotatable bonds is 6. The van der Waals surface area contributed by atoms with E-state index < -0.39 is 5.41 Å². The number of aromatic nitrogens is 2. The molecule has 0 unspecified atom stereocenters. The Morgan fingerprint density at radius 3 is 2.93 bits per heavy atom. The van der Waals surface area contributed by atoms with Crippen LogP contribution in [0.3, 0.4) is 0 Å². The quantitative estimate of drug-likeness (QED) is 0.588. The lowest BCUT2D eigenvalue weighted by Crippen LogP contribution is -2.49. The number of hydrogen-bond acceptors (Lipinski definition) is 5. The molecule has 6 heteroatoms. The van der Waals surface area contributed by atoms with Crippen molar-refractivity contribution < 1.29 is 9.53 Å². The average Bonchev–Trinajstić information content (AvgIpc) is 3.25. The van der Waals surface area contributed by atoms with Crippen molar-refractivity contribution in [3.8, 4) is 0 Å². The third kappa shape index (κ3) is 3.71. The molecule has 3 heterocycles. The number of carbonyl (C=O) groups excluding carboxylic acids is 1. The van der Waals surface area contributed by atoms with Crippen LogP contribution in [-0.2, 0) is 22.5 Å². The maximum atomic E-state index is 13.0. The van der Waals surface area contributed by atoms with Crippen LogP contribution in [0.15, 0.2) is 41.9 Å². The monoisotopic (exact) mass is 397 g/mol. The molecule has 0 N–H and O–H groups in total. The fraction of sp³-hybridized carbons (Fsp3) is 0.455. The van der Waals surface area contributed by atoms with Crippen LogP contribution in [-0.4, -0.2) is 40.0 Å². The van der Waals surface area contributed by atoms with Gasteiger partial charge >= 0.3 is 5.97 Å². The number of benzene rings is 1. The predicted molar refractivity (Wildman–Crippen MR) is 112 cm³/mol. The number of hydrogen-bond donors (Lipinski definition) is 0. The van der Waals surface area contributed by atoms with Crippen molar-refractivity contribution in [1.29, 1.82) is 0 Å². The molecule has 1 aromatic carbocycles. The summed E-state index contributed by atoms with van der Waals surface area (Å²) in [7, 11) is 0. The van der Waals surface area contributed by atoms with Gasteiger partial charge in [-0.25, -0.2) is 4.98 Å². The number of aryl methyl sites for hydroxylation is 1. The molecule has 1 aliphatic rings. The molecule has 0 radical (unpaired) electrons. The molecule has 1 atom stereocenters. The van der Waals surface area contributed by atoms with Crippen molar-refractivity contribution >= 4 is 22.3 Å². The first-order valence-electron chi connectivity index (χ1n) is 9.96. The van der Waals surface area contributed by atoms with Gasteiger partial charge in [0.2, 0.25) is 0 Å². The summed E-state index contributed by atoms with van der Waals surface area (Å²) in [4.78, 5) is 21.1. The van der Waals surface area contributed by atoms with E-state index >= 15 is 0 Å². The number of likely N-dealkylation sites (tertiary alicyclic amines) is 1.